The van der Waals surface area contributed by atoms with Gasteiger partial charge in [0.05, 0.1) is 10.9 Å². The average Bonchev–Trinajstić information content (AvgIpc) is 3.25. The Kier molecular flexibility index (Phi) is 4.59. The van der Waals surface area contributed by atoms with Gasteiger partial charge in [-0.1, -0.05) is 17.8 Å². The Hall–Kier alpha value is -2.47. The summed E-state index contributed by atoms with van der Waals surface area (Å²) in [5.41, 5.74) is 4.42. The van der Waals surface area contributed by atoms with Gasteiger partial charge < -0.3 is 0 Å². The minimum Gasteiger partial charge on any atom is -0.298 e. The highest BCUT2D eigenvalue weighted by Gasteiger charge is 2.28. The molecule has 1 aliphatic carbocycles. The minimum absolute atomic E-state index is 0.0187. The van der Waals surface area contributed by atoms with Crippen LogP contribution in [0.5, 0.6) is 0 Å². The van der Waals surface area contributed by atoms with E-state index in [1.54, 1.807) is 12.4 Å². The summed E-state index contributed by atoms with van der Waals surface area (Å²) in [7, 11) is 0. The Bertz CT molecular complexity index is 952. The van der Waals surface area contributed by atoms with Gasteiger partial charge in [-0.3, -0.25) is 14.3 Å². The van der Waals surface area contributed by atoms with Gasteiger partial charge in [-0.25, -0.2) is 0 Å². The van der Waals surface area contributed by atoms with Gasteiger partial charge in [0.1, 0.15) is 5.78 Å². The number of rotatable bonds is 4. The molecule has 132 valence electrons. The van der Waals surface area contributed by atoms with Crippen LogP contribution in [0.1, 0.15) is 30.4 Å². The maximum absolute atomic E-state index is 12.1. The Morgan fingerprint density at radius 2 is 1.88 bits per heavy atom. The molecule has 2 heterocycles. The zero-order chi connectivity index (χ0) is 18.1. The zero-order valence-electron chi connectivity index (χ0n) is 14.8. The summed E-state index contributed by atoms with van der Waals surface area (Å²) in [4.78, 5) is 16.2. The predicted octanol–water partition coefficient (Wildman–Crippen LogP) is 4.16. The highest BCUT2D eigenvalue weighted by atomic mass is 32.2. The first-order valence-electron chi connectivity index (χ1n) is 8.76. The molecule has 6 heteroatoms. The molecule has 0 saturated heterocycles. The smallest absolute Gasteiger partial charge is 0.196 e. The molecule has 0 amide bonds. The fraction of sp³-hybridized carbons (Fsp3) is 0.300. The topological polar surface area (TPSA) is 60.7 Å². The number of thioether (sulfide) groups is 1. The first kappa shape index (κ1) is 17.0. The first-order valence-corrected chi connectivity index (χ1v) is 9.64. The lowest BCUT2D eigenvalue weighted by Gasteiger charge is -2.13. The van der Waals surface area contributed by atoms with E-state index in [0.29, 0.717) is 12.2 Å². The third-order valence-corrected chi connectivity index (χ3v) is 6.07. The molecule has 0 bridgehead atoms. The molecule has 2 aromatic heterocycles. The van der Waals surface area contributed by atoms with Crippen molar-refractivity contribution in [3.8, 4) is 17.1 Å². The molecule has 1 saturated carbocycles. The fourth-order valence-electron chi connectivity index (χ4n) is 3.17. The largest absolute Gasteiger partial charge is 0.298 e. The van der Waals surface area contributed by atoms with E-state index in [1.165, 1.54) is 22.9 Å². The summed E-state index contributed by atoms with van der Waals surface area (Å²) >= 11 is 1.53. The van der Waals surface area contributed by atoms with E-state index in [0.717, 1.165) is 35.1 Å². The molecule has 0 aliphatic heterocycles. The summed E-state index contributed by atoms with van der Waals surface area (Å²) in [5.74, 6) is 1.08. The average molecular weight is 364 g/mol. The number of benzene rings is 1. The van der Waals surface area contributed by atoms with Crippen molar-refractivity contribution >= 4 is 17.5 Å². The number of nitrogens with zero attached hydrogens (tertiary/aromatic N) is 4. The standard InChI is InChI=1S/C20H20N4OS/c1-13-6-7-16(12-14(13)2)24-19(15-8-10-21-11-9-15)22-23-20(24)26-18-5-3-4-17(18)25/h6-12,18H,3-5H2,1-2H3/t18-/m1/s1. The number of Topliss-reactive ketones (excluding diaryl/α,β-unsaturated/α-hetero) is 1. The number of hydrogen-bond donors (Lipinski definition) is 0. The molecule has 0 N–H and O–H groups in total. The van der Waals surface area contributed by atoms with Crippen molar-refractivity contribution in [3.63, 3.8) is 0 Å². The Balaban J connectivity index is 1.82. The molecule has 4 rings (SSSR count). The summed E-state index contributed by atoms with van der Waals surface area (Å²) in [6, 6.07) is 10.2. The highest BCUT2D eigenvalue weighted by molar-refractivity contribution is 8.00. The van der Waals surface area contributed by atoms with Gasteiger partial charge in [-0.2, -0.15) is 0 Å². The third-order valence-electron chi connectivity index (χ3n) is 4.82. The maximum atomic E-state index is 12.1. The Morgan fingerprint density at radius 1 is 1.08 bits per heavy atom. The van der Waals surface area contributed by atoms with Crippen molar-refractivity contribution in [1.29, 1.82) is 0 Å². The van der Waals surface area contributed by atoms with Crippen LogP contribution < -0.4 is 0 Å². The van der Waals surface area contributed by atoms with Gasteiger partial charge >= 0.3 is 0 Å². The molecule has 26 heavy (non-hydrogen) atoms. The van der Waals surface area contributed by atoms with Crippen LogP contribution in [0.3, 0.4) is 0 Å². The van der Waals surface area contributed by atoms with Crippen molar-refractivity contribution < 1.29 is 4.79 Å². The van der Waals surface area contributed by atoms with Crippen LogP contribution in [0.25, 0.3) is 17.1 Å². The van der Waals surface area contributed by atoms with Gasteiger partial charge in [0.2, 0.25) is 0 Å². The SMILES string of the molecule is Cc1ccc(-n2c(S[C@@H]3CCCC3=O)nnc2-c2ccncc2)cc1C. The van der Waals surface area contributed by atoms with E-state index in [1.807, 2.05) is 12.1 Å². The second-order valence-corrected chi connectivity index (χ2v) is 7.78. The number of pyridine rings is 1. The van der Waals surface area contributed by atoms with Crippen LogP contribution in [0.4, 0.5) is 0 Å². The summed E-state index contributed by atoms with van der Waals surface area (Å²) in [6.45, 7) is 4.20. The van der Waals surface area contributed by atoms with Crippen LogP contribution in [0.15, 0.2) is 47.9 Å². The van der Waals surface area contributed by atoms with E-state index in [4.69, 9.17) is 0 Å². The van der Waals surface area contributed by atoms with Crippen LogP contribution in [0, 0.1) is 13.8 Å². The van der Waals surface area contributed by atoms with E-state index in [2.05, 4.69) is 51.8 Å². The Morgan fingerprint density at radius 3 is 2.58 bits per heavy atom. The molecular formula is C20H20N4OS. The first-order chi connectivity index (χ1) is 12.6. The normalized spacial score (nSPS) is 17.0. The second kappa shape index (κ2) is 7.03. The zero-order valence-corrected chi connectivity index (χ0v) is 15.7. The number of aryl methyl sites for hydroxylation is 2. The molecule has 0 unspecified atom stereocenters. The molecule has 1 fully saturated rings. The van der Waals surface area contributed by atoms with Gasteiger partial charge in [0, 0.05) is 24.4 Å². The number of carbonyl (C=O) groups excluding carboxylic acids is 1. The van der Waals surface area contributed by atoms with Gasteiger partial charge in [-0.15, -0.1) is 10.2 Å². The number of ketones is 1. The number of carbonyl (C=O) groups is 1. The number of aromatic nitrogens is 4. The predicted molar refractivity (Wildman–Crippen MR) is 103 cm³/mol. The lowest BCUT2D eigenvalue weighted by Crippen LogP contribution is -2.10. The second-order valence-electron chi connectivity index (χ2n) is 6.61. The van der Waals surface area contributed by atoms with Crippen LogP contribution >= 0.6 is 11.8 Å². The van der Waals surface area contributed by atoms with Gasteiger partial charge in [-0.05, 0) is 62.1 Å². The molecule has 1 aromatic carbocycles. The molecule has 3 aromatic rings. The molecule has 0 spiro atoms. The summed E-state index contributed by atoms with van der Waals surface area (Å²) < 4.78 is 2.05. The van der Waals surface area contributed by atoms with Crippen LogP contribution in [-0.2, 0) is 4.79 Å². The lowest BCUT2D eigenvalue weighted by molar-refractivity contribution is -0.116. The maximum Gasteiger partial charge on any atom is 0.196 e. The molecule has 5 nitrogen and oxygen atoms in total. The van der Waals surface area contributed by atoms with E-state index in [-0.39, 0.29) is 5.25 Å². The van der Waals surface area contributed by atoms with Crippen molar-refractivity contribution in [1.82, 2.24) is 19.7 Å². The molecule has 1 aliphatic rings. The number of hydrogen-bond acceptors (Lipinski definition) is 5. The van der Waals surface area contributed by atoms with Crippen molar-refractivity contribution in [2.24, 2.45) is 0 Å². The van der Waals surface area contributed by atoms with Crippen molar-refractivity contribution in [2.75, 3.05) is 0 Å². The third kappa shape index (κ3) is 3.17. The van der Waals surface area contributed by atoms with E-state index >= 15 is 0 Å². The van der Waals surface area contributed by atoms with Crippen molar-refractivity contribution in [2.45, 2.75) is 43.5 Å². The lowest BCUT2D eigenvalue weighted by atomic mass is 10.1. The van der Waals surface area contributed by atoms with E-state index in [9.17, 15) is 4.79 Å². The van der Waals surface area contributed by atoms with Crippen molar-refractivity contribution in [3.05, 3.63) is 53.9 Å². The monoisotopic (exact) mass is 364 g/mol. The Labute approximate surface area is 156 Å². The van der Waals surface area contributed by atoms with Gasteiger partial charge in [0.25, 0.3) is 0 Å². The summed E-state index contributed by atoms with van der Waals surface area (Å²) in [5, 5.41) is 9.60. The fourth-order valence-corrected chi connectivity index (χ4v) is 4.34. The molecular weight excluding hydrogens is 344 g/mol. The quantitative estimate of drug-likeness (QED) is 0.696. The molecule has 0 radical (unpaired) electrons. The van der Waals surface area contributed by atoms with Gasteiger partial charge in [0.15, 0.2) is 11.0 Å². The van der Waals surface area contributed by atoms with Crippen LogP contribution in [-0.4, -0.2) is 30.8 Å². The van der Waals surface area contributed by atoms with E-state index < -0.39 is 0 Å². The molecule has 1 atom stereocenters. The summed E-state index contributed by atoms with van der Waals surface area (Å²) in [6.07, 6.45) is 6.05. The van der Waals surface area contributed by atoms with Crippen LogP contribution in [0.2, 0.25) is 0 Å². The highest BCUT2D eigenvalue weighted by Crippen LogP contribution is 2.35. The minimum atomic E-state index is -0.0187.